The van der Waals surface area contributed by atoms with E-state index < -0.39 is 0 Å². The van der Waals surface area contributed by atoms with E-state index in [1.807, 2.05) is 24.1 Å². The predicted molar refractivity (Wildman–Crippen MR) is 92.9 cm³/mol. The molecule has 0 saturated carbocycles. The van der Waals surface area contributed by atoms with Gasteiger partial charge in [0, 0.05) is 48.7 Å². The second-order valence-electron chi connectivity index (χ2n) is 6.51. The van der Waals surface area contributed by atoms with Crippen molar-refractivity contribution < 1.29 is 4.79 Å². The number of hydrogen-bond acceptors (Lipinski definition) is 3. The van der Waals surface area contributed by atoms with Gasteiger partial charge in [-0.1, -0.05) is 0 Å². The van der Waals surface area contributed by atoms with Gasteiger partial charge in [0.05, 0.1) is 5.56 Å². The fourth-order valence-corrected chi connectivity index (χ4v) is 3.45. The lowest BCUT2D eigenvalue weighted by Crippen LogP contribution is -2.39. The molecule has 5 heteroatoms. The van der Waals surface area contributed by atoms with Crippen LogP contribution in [0.25, 0.3) is 11.0 Å². The zero-order valence-corrected chi connectivity index (χ0v) is 13.7. The smallest absolute Gasteiger partial charge is 0.255 e. The standard InChI is InChI=1S/C19H20N4O/c1-13-8-16-9-17(22-18(16)21-10-13)15-5-3-7-23(12-15)19(24)14-4-2-6-20-11-14/h2,4,6,8-11,15H,3,5,7,12H2,1H3,(H,21,22)/t15-/m1/s1. The van der Waals surface area contributed by atoms with Crippen molar-refractivity contribution in [1.29, 1.82) is 0 Å². The van der Waals surface area contributed by atoms with Gasteiger partial charge in [0.15, 0.2) is 0 Å². The molecule has 122 valence electrons. The topological polar surface area (TPSA) is 61.9 Å². The van der Waals surface area contributed by atoms with Crippen LogP contribution in [0.1, 0.15) is 40.4 Å². The molecule has 1 aliphatic rings. The van der Waals surface area contributed by atoms with E-state index in [2.05, 4.69) is 27.1 Å². The second kappa shape index (κ2) is 6.07. The van der Waals surface area contributed by atoms with Crippen molar-refractivity contribution in [2.24, 2.45) is 0 Å². The van der Waals surface area contributed by atoms with Crippen LogP contribution in [0.3, 0.4) is 0 Å². The summed E-state index contributed by atoms with van der Waals surface area (Å²) < 4.78 is 0. The summed E-state index contributed by atoms with van der Waals surface area (Å²) in [5, 5.41) is 1.14. The number of rotatable bonds is 2. The highest BCUT2D eigenvalue weighted by molar-refractivity contribution is 5.94. The summed E-state index contributed by atoms with van der Waals surface area (Å²) in [5.41, 5.74) is 3.91. The number of nitrogens with one attached hydrogen (secondary N) is 1. The molecule has 1 N–H and O–H groups in total. The molecule has 4 heterocycles. The molecular weight excluding hydrogens is 300 g/mol. The van der Waals surface area contributed by atoms with Crippen LogP contribution in [0.5, 0.6) is 0 Å². The number of piperidine rings is 1. The zero-order valence-electron chi connectivity index (χ0n) is 13.7. The quantitative estimate of drug-likeness (QED) is 0.788. The molecule has 0 unspecified atom stereocenters. The lowest BCUT2D eigenvalue weighted by atomic mass is 9.94. The van der Waals surface area contributed by atoms with Crippen LogP contribution in [0, 0.1) is 6.92 Å². The van der Waals surface area contributed by atoms with Crippen LogP contribution in [0.4, 0.5) is 0 Å². The molecule has 0 radical (unpaired) electrons. The summed E-state index contributed by atoms with van der Waals surface area (Å²) in [6.45, 7) is 3.59. The number of aromatic nitrogens is 3. The molecule has 4 rings (SSSR count). The molecular formula is C19H20N4O. The summed E-state index contributed by atoms with van der Waals surface area (Å²) in [6.07, 6.45) is 7.31. The van der Waals surface area contributed by atoms with Crippen molar-refractivity contribution in [3.05, 3.63) is 59.7 Å². The Balaban J connectivity index is 1.56. The van der Waals surface area contributed by atoms with E-state index >= 15 is 0 Å². The van der Waals surface area contributed by atoms with Crippen molar-refractivity contribution >= 4 is 16.9 Å². The van der Waals surface area contributed by atoms with Gasteiger partial charge in [0.2, 0.25) is 0 Å². The highest BCUT2D eigenvalue weighted by atomic mass is 16.2. The Labute approximate surface area is 140 Å². The maximum Gasteiger partial charge on any atom is 0.255 e. The average Bonchev–Trinajstić information content (AvgIpc) is 3.05. The molecule has 1 fully saturated rings. The largest absolute Gasteiger partial charge is 0.343 e. The molecule has 0 spiro atoms. The predicted octanol–water partition coefficient (Wildman–Crippen LogP) is 3.29. The summed E-state index contributed by atoms with van der Waals surface area (Å²) in [5.74, 6) is 0.395. The van der Waals surface area contributed by atoms with Gasteiger partial charge in [-0.3, -0.25) is 9.78 Å². The first-order chi connectivity index (χ1) is 11.7. The number of carbonyl (C=O) groups is 1. The number of amides is 1. The van der Waals surface area contributed by atoms with Gasteiger partial charge in [-0.25, -0.2) is 4.98 Å². The molecule has 5 nitrogen and oxygen atoms in total. The Morgan fingerprint density at radius 1 is 1.33 bits per heavy atom. The number of likely N-dealkylation sites (tertiary alicyclic amines) is 1. The van der Waals surface area contributed by atoms with Gasteiger partial charge in [0.1, 0.15) is 5.65 Å². The number of aryl methyl sites for hydroxylation is 1. The van der Waals surface area contributed by atoms with Crippen LogP contribution >= 0.6 is 0 Å². The number of nitrogens with zero attached hydrogens (tertiary/aromatic N) is 3. The van der Waals surface area contributed by atoms with Gasteiger partial charge in [-0.15, -0.1) is 0 Å². The molecule has 24 heavy (non-hydrogen) atoms. The van der Waals surface area contributed by atoms with Crippen molar-refractivity contribution in [2.45, 2.75) is 25.7 Å². The molecule has 0 aromatic carbocycles. The van der Waals surface area contributed by atoms with Crippen molar-refractivity contribution in [3.8, 4) is 0 Å². The molecule has 1 saturated heterocycles. The Kier molecular flexibility index (Phi) is 3.76. The fraction of sp³-hybridized carbons (Fsp3) is 0.316. The van der Waals surface area contributed by atoms with Crippen LogP contribution in [0.2, 0.25) is 0 Å². The number of carbonyl (C=O) groups excluding carboxylic acids is 1. The summed E-state index contributed by atoms with van der Waals surface area (Å²) in [6, 6.07) is 7.96. The summed E-state index contributed by atoms with van der Waals surface area (Å²) in [4.78, 5) is 26.5. The fourth-order valence-electron chi connectivity index (χ4n) is 3.45. The highest BCUT2D eigenvalue weighted by Crippen LogP contribution is 2.29. The van der Waals surface area contributed by atoms with E-state index in [1.54, 1.807) is 18.5 Å². The molecule has 3 aromatic rings. The van der Waals surface area contributed by atoms with Crippen LogP contribution in [0.15, 0.2) is 42.9 Å². The molecule has 3 aromatic heterocycles. The van der Waals surface area contributed by atoms with Crippen LogP contribution in [-0.4, -0.2) is 38.8 Å². The summed E-state index contributed by atoms with van der Waals surface area (Å²) in [7, 11) is 0. The third-order valence-electron chi connectivity index (χ3n) is 4.68. The van der Waals surface area contributed by atoms with Gasteiger partial charge in [0.25, 0.3) is 5.91 Å². The van der Waals surface area contributed by atoms with Gasteiger partial charge in [-0.05, 0) is 49.6 Å². The maximum absolute atomic E-state index is 12.7. The molecule has 1 atom stereocenters. The minimum Gasteiger partial charge on any atom is -0.343 e. The SMILES string of the molecule is Cc1cnc2[nH]c([C@@H]3CCCN(C(=O)c4cccnc4)C3)cc2c1. The zero-order chi connectivity index (χ0) is 16.5. The maximum atomic E-state index is 12.7. The van der Waals surface area contributed by atoms with E-state index in [9.17, 15) is 4.79 Å². The van der Waals surface area contributed by atoms with Crippen molar-refractivity contribution in [2.75, 3.05) is 13.1 Å². The number of fused-ring (bicyclic) bond motifs is 1. The Morgan fingerprint density at radius 3 is 3.08 bits per heavy atom. The number of hydrogen-bond donors (Lipinski definition) is 1. The molecule has 1 aliphatic heterocycles. The first kappa shape index (κ1) is 14.9. The van der Waals surface area contributed by atoms with E-state index in [1.165, 1.54) is 5.69 Å². The molecule has 0 bridgehead atoms. The first-order valence-corrected chi connectivity index (χ1v) is 8.35. The highest BCUT2D eigenvalue weighted by Gasteiger charge is 2.26. The van der Waals surface area contributed by atoms with E-state index in [-0.39, 0.29) is 5.91 Å². The number of pyridine rings is 2. The van der Waals surface area contributed by atoms with E-state index in [0.29, 0.717) is 11.5 Å². The Morgan fingerprint density at radius 2 is 2.25 bits per heavy atom. The van der Waals surface area contributed by atoms with Crippen LogP contribution in [-0.2, 0) is 0 Å². The van der Waals surface area contributed by atoms with E-state index in [0.717, 1.165) is 42.5 Å². The first-order valence-electron chi connectivity index (χ1n) is 8.35. The molecule has 0 aliphatic carbocycles. The van der Waals surface area contributed by atoms with E-state index in [4.69, 9.17) is 0 Å². The monoisotopic (exact) mass is 320 g/mol. The lowest BCUT2D eigenvalue weighted by molar-refractivity contribution is 0.0705. The summed E-state index contributed by atoms with van der Waals surface area (Å²) >= 11 is 0. The molecule has 1 amide bonds. The van der Waals surface area contributed by atoms with Gasteiger partial charge < -0.3 is 9.88 Å². The third-order valence-corrected chi connectivity index (χ3v) is 4.68. The lowest BCUT2D eigenvalue weighted by Gasteiger charge is -2.32. The minimum absolute atomic E-state index is 0.0675. The van der Waals surface area contributed by atoms with Crippen LogP contribution < -0.4 is 0 Å². The third kappa shape index (κ3) is 2.77. The average molecular weight is 320 g/mol. The number of aromatic amines is 1. The van der Waals surface area contributed by atoms with Crippen molar-refractivity contribution in [1.82, 2.24) is 19.9 Å². The normalized spacial score (nSPS) is 18.0. The van der Waals surface area contributed by atoms with Gasteiger partial charge >= 0.3 is 0 Å². The Hall–Kier alpha value is -2.69. The minimum atomic E-state index is 0.0675. The Bertz CT molecular complexity index is 871. The number of H-pyrrole nitrogens is 1. The van der Waals surface area contributed by atoms with Gasteiger partial charge in [-0.2, -0.15) is 0 Å². The second-order valence-corrected chi connectivity index (χ2v) is 6.51. The van der Waals surface area contributed by atoms with Crippen molar-refractivity contribution in [3.63, 3.8) is 0 Å².